The Morgan fingerprint density at radius 3 is 2.53 bits per heavy atom. The Hall–Kier alpha value is -4.41. The molecule has 0 spiro atoms. The molecule has 11 nitrogen and oxygen atoms in total. The Morgan fingerprint density at radius 2 is 1.78 bits per heavy atom. The van der Waals surface area contributed by atoms with Crippen molar-refractivity contribution in [3.63, 3.8) is 0 Å². The Labute approximate surface area is 183 Å². The van der Waals surface area contributed by atoms with Crippen molar-refractivity contribution < 1.29 is 18.7 Å². The highest BCUT2D eigenvalue weighted by Gasteiger charge is 2.15. The number of hydrogen-bond donors (Lipinski definition) is 3. The van der Waals surface area contributed by atoms with E-state index in [0.717, 1.165) is 5.56 Å². The second-order valence-electron chi connectivity index (χ2n) is 6.62. The maximum atomic E-state index is 12.2. The van der Waals surface area contributed by atoms with Crippen LogP contribution in [0.4, 0.5) is 11.8 Å². The van der Waals surface area contributed by atoms with Crippen LogP contribution in [0.25, 0.3) is 22.4 Å². The summed E-state index contributed by atoms with van der Waals surface area (Å²) in [6.07, 6.45) is 0. The van der Waals surface area contributed by atoms with Crippen LogP contribution in [0.2, 0.25) is 0 Å². The third-order valence-electron chi connectivity index (χ3n) is 4.56. The van der Waals surface area contributed by atoms with Gasteiger partial charge in [-0.15, -0.1) is 10.2 Å². The van der Waals surface area contributed by atoms with Crippen LogP contribution >= 0.6 is 0 Å². The summed E-state index contributed by atoms with van der Waals surface area (Å²) in [5.41, 5.74) is 7.40. The topological polar surface area (TPSA) is 150 Å². The number of methoxy groups -OCH3 is 2. The van der Waals surface area contributed by atoms with Crippen LogP contribution in [0, 0.1) is 0 Å². The van der Waals surface area contributed by atoms with E-state index in [0.29, 0.717) is 40.7 Å². The van der Waals surface area contributed by atoms with Gasteiger partial charge in [0.15, 0.2) is 11.5 Å². The number of aromatic nitrogens is 4. The average Bonchev–Trinajstić information content (AvgIpc) is 3.32. The third kappa shape index (κ3) is 4.36. The summed E-state index contributed by atoms with van der Waals surface area (Å²) >= 11 is 0. The van der Waals surface area contributed by atoms with E-state index in [-0.39, 0.29) is 18.3 Å². The van der Waals surface area contributed by atoms with E-state index in [2.05, 4.69) is 30.8 Å². The number of rotatable bonds is 8. The van der Waals surface area contributed by atoms with E-state index in [4.69, 9.17) is 19.6 Å². The van der Waals surface area contributed by atoms with Gasteiger partial charge in [-0.25, -0.2) is 4.98 Å². The van der Waals surface area contributed by atoms with E-state index in [1.807, 2.05) is 30.3 Å². The van der Waals surface area contributed by atoms with Crippen LogP contribution in [0.1, 0.15) is 10.7 Å². The molecule has 0 bridgehead atoms. The van der Waals surface area contributed by atoms with Crippen molar-refractivity contribution in [2.75, 3.05) is 38.4 Å². The molecule has 0 saturated carbocycles. The van der Waals surface area contributed by atoms with Gasteiger partial charge in [0.25, 0.3) is 0 Å². The second-order valence-corrected chi connectivity index (χ2v) is 6.62. The zero-order chi connectivity index (χ0) is 22.5. The van der Waals surface area contributed by atoms with Crippen LogP contribution in [0.15, 0.2) is 46.9 Å². The van der Waals surface area contributed by atoms with Crippen LogP contribution < -0.4 is 25.8 Å². The van der Waals surface area contributed by atoms with E-state index >= 15 is 0 Å². The van der Waals surface area contributed by atoms with Gasteiger partial charge >= 0.3 is 11.8 Å². The van der Waals surface area contributed by atoms with Gasteiger partial charge in [-0.3, -0.25) is 4.79 Å². The van der Waals surface area contributed by atoms with Crippen molar-refractivity contribution in [3.05, 3.63) is 48.4 Å². The van der Waals surface area contributed by atoms with Crippen molar-refractivity contribution in [3.8, 4) is 23.0 Å². The Morgan fingerprint density at radius 1 is 1.03 bits per heavy atom. The van der Waals surface area contributed by atoms with E-state index < -0.39 is 5.91 Å². The highest BCUT2D eigenvalue weighted by Crippen LogP contribution is 2.33. The number of benzene rings is 2. The molecule has 4 N–H and O–H groups in total. The van der Waals surface area contributed by atoms with Gasteiger partial charge in [0, 0.05) is 30.1 Å². The van der Waals surface area contributed by atoms with E-state index in [1.165, 1.54) is 0 Å². The molecule has 4 aromatic rings. The number of nitrogen functional groups attached to an aromatic ring is 1. The number of hydrogen-bond acceptors (Lipinski definition) is 10. The summed E-state index contributed by atoms with van der Waals surface area (Å²) in [5.74, 6) is 1.37. The lowest BCUT2D eigenvalue weighted by Crippen LogP contribution is -2.29. The maximum absolute atomic E-state index is 12.2. The van der Waals surface area contributed by atoms with Crippen molar-refractivity contribution in [2.45, 2.75) is 0 Å². The molecule has 0 atom stereocenters. The predicted molar refractivity (Wildman–Crippen MR) is 118 cm³/mol. The fourth-order valence-corrected chi connectivity index (χ4v) is 3.00. The number of fused-ring (bicyclic) bond motifs is 1. The first kappa shape index (κ1) is 20.8. The quantitative estimate of drug-likeness (QED) is 0.351. The monoisotopic (exact) mass is 435 g/mol. The number of nitrogens with two attached hydrogens (primary N) is 1. The third-order valence-corrected chi connectivity index (χ3v) is 4.56. The Kier molecular flexibility index (Phi) is 5.97. The summed E-state index contributed by atoms with van der Waals surface area (Å²) in [6, 6.07) is 12.7. The van der Waals surface area contributed by atoms with Gasteiger partial charge in [0.1, 0.15) is 5.82 Å². The molecular weight excluding hydrogens is 414 g/mol. The van der Waals surface area contributed by atoms with Gasteiger partial charge < -0.3 is 30.3 Å². The highest BCUT2D eigenvalue weighted by atomic mass is 16.5. The van der Waals surface area contributed by atoms with E-state index in [1.54, 1.807) is 26.4 Å². The lowest BCUT2D eigenvalue weighted by molar-refractivity contribution is 0.0921. The second kappa shape index (κ2) is 9.16. The Balaban J connectivity index is 1.36. The fraction of sp³-hybridized carbons (Fsp3) is 0.190. The minimum absolute atomic E-state index is 0.115. The fourth-order valence-electron chi connectivity index (χ4n) is 3.00. The molecule has 0 aliphatic carbocycles. The molecule has 11 heteroatoms. The lowest BCUT2D eigenvalue weighted by atomic mass is 10.2. The van der Waals surface area contributed by atoms with Crippen LogP contribution in [0.5, 0.6) is 11.5 Å². The maximum Gasteiger partial charge on any atom is 0.308 e. The molecule has 32 heavy (non-hydrogen) atoms. The molecule has 2 heterocycles. The first-order chi connectivity index (χ1) is 15.6. The number of anilines is 2. The Bertz CT molecular complexity index is 1240. The number of nitrogens with zero attached hydrogens (tertiary/aromatic N) is 4. The predicted octanol–water partition coefficient (Wildman–Crippen LogP) is 2.12. The number of carbonyl (C=O) groups is 1. The molecule has 164 valence electrons. The summed E-state index contributed by atoms with van der Waals surface area (Å²) in [6.45, 7) is 0.624. The zero-order valence-corrected chi connectivity index (χ0v) is 17.5. The molecule has 0 unspecified atom stereocenters. The van der Waals surface area contributed by atoms with Gasteiger partial charge in [0.2, 0.25) is 11.8 Å². The molecule has 1 amide bonds. The molecular formula is C21H21N7O4. The normalized spacial score (nSPS) is 10.7. The minimum atomic E-state index is -0.475. The molecule has 0 fully saturated rings. The molecule has 2 aromatic carbocycles. The van der Waals surface area contributed by atoms with Gasteiger partial charge in [-0.1, -0.05) is 18.2 Å². The van der Waals surface area contributed by atoms with Crippen molar-refractivity contribution in [1.82, 2.24) is 25.5 Å². The first-order valence-corrected chi connectivity index (χ1v) is 9.69. The SMILES string of the molecule is COc1cc2nc(NCCNC(=O)c3nnc(-c4ccccc4)o3)nc(N)c2cc1OC. The van der Waals surface area contributed by atoms with Crippen LogP contribution in [-0.4, -0.2) is 53.4 Å². The van der Waals surface area contributed by atoms with Crippen molar-refractivity contribution >= 4 is 28.6 Å². The van der Waals surface area contributed by atoms with Gasteiger partial charge in [0.05, 0.1) is 19.7 Å². The molecule has 4 rings (SSSR count). The molecule has 0 aliphatic rings. The number of ether oxygens (including phenoxy) is 2. The standard InChI is InChI=1S/C21H21N7O4/c1-30-15-10-13-14(11-16(15)31-2)25-21(26-17(13)22)24-9-8-23-18(29)20-28-27-19(32-20)12-6-4-3-5-7-12/h3-7,10-11H,8-9H2,1-2H3,(H,23,29)(H3,22,24,25,26). The largest absolute Gasteiger partial charge is 0.493 e. The average molecular weight is 435 g/mol. The lowest BCUT2D eigenvalue weighted by Gasteiger charge is -2.11. The van der Waals surface area contributed by atoms with E-state index in [9.17, 15) is 4.79 Å². The van der Waals surface area contributed by atoms with Crippen molar-refractivity contribution in [2.24, 2.45) is 0 Å². The molecule has 2 aromatic heterocycles. The zero-order valence-electron chi connectivity index (χ0n) is 17.5. The summed E-state index contributed by atoms with van der Waals surface area (Å²) in [5, 5.41) is 14.1. The summed E-state index contributed by atoms with van der Waals surface area (Å²) in [4.78, 5) is 20.9. The molecule has 0 radical (unpaired) electrons. The number of carbonyl (C=O) groups excluding carboxylic acids is 1. The number of nitrogens with one attached hydrogen (secondary N) is 2. The number of amides is 1. The van der Waals surface area contributed by atoms with Gasteiger partial charge in [-0.05, 0) is 18.2 Å². The summed E-state index contributed by atoms with van der Waals surface area (Å²) < 4.78 is 16.0. The summed E-state index contributed by atoms with van der Waals surface area (Å²) in [7, 11) is 3.09. The van der Waals surface area contributed by atoms with Crippen molar-refractivity contribution in [1.29, 1.82) is 0 Å². The van der Waals surface area contributed by atoms with Gasteiger partial charge in [-0.2, -0.15) is 4.98 Å². The molecule has 0 saturated heterocycles. The van der Waals surface area contributed by atoms with Crippen LogP contribution in [0.3, 0.4) is 0 Å². The van der Waals surface area contributed by atoms with Crippen LogP contribution in [-0.2, 0) is 0 Å². The first-order valence-electron chi connectivity index (χ1n) is 9.69. The highest BCUT2D eigenvalue weighted by molar-refractivity contribution is 5.92. The molecule has 0 aliphatic heterocycles. The smallest absolute Gasteiger partial charge is 0.308 e. The minimum Gasteiger partial charge on any atom is -0.493 e.